The number of carbonyl (C=O) groups excluding carboxylic acids is 1. The highest BCUT2D eigenvalue weighted by molar-refractivity contribution is 6.28. The molecule has 2 heteroatoms. The van der Waals surface area contributed by atoms with Crippen LogP contribution in [0.2, 0.25) is 0 Å². The summed E-state index contributed by atoms with van der Waals surface area (Å²) in [6.07, 6.45) is -0.378. The van der Waals surface area contributed by atoms with Crippen molar-refractivity contribution in [2.75, 3.05) is 0 Å². The third-order valence-corrected chi connectivity index (χ3v) is 4.21. The molecular formula is C22H16O2. The lowest BCUT2D eigenvalue weighted by Crippen LogP contribution is -2.03. The van der Waals surface area contributed by atoms with Crippen LogP contribution in [0.1, 0.15) is 22.8 Å². The van der Waals surface area contributed by atoms with Gasteiger partial charge in [0.1, 0.15) is 0 Å². The molecule has 0 bridgehead atoms. The maximum atomic E-state index is 12.7. The van der Waals surface area contributed by atoms with Crippen molar-refractivity contribution in [1.29, 1.82) is 0 Å². The van der Waals surface area contributed by atoms with Crippen LogP contribution < -0.4 is 0 Å². The number of esters is 1. The van der Waals surface area contributed by atoms with E-state index in [1.807, 2.05) is 91.0 Å². The van der Waals surface area contributed by atoms with Crippen LogP contribution in [0.5, 0.6) is 0 Å². The molecule has 116 valence electrons. The first-order valence-corrected chi connectivity index (χ1v) is 7.95. The van der Waals surface area contributed by atoms with Gasteiger partial charge in [-0.25, -0.2) is 4.79 Å². The summed E-state index contributed by atoms with van der Waals surface area (Å²) in [6.45, 7) is 0. The van der Waals surface area contributed by atoms with Crippen molar-refractivity contribution in [2.24, 2.45) is 0 Å². The van der Waals surface area contributed by atoms with E-state index in [4.69, 9.17) is 4.74 Å². The number of hydrogen-bond donors (Lipinski definition) is 0. The van der Waals surface area contributed by atoms with Crippen LogP contribution in [0.4, 0.5) is 0 Å². The second-order valence-electron chi connectivity index (χ2n) is 5.72. The highest BCUT2D eigenvalue weighted by Crippen LogP contribution is 2.45. The Hall–Kier alpha value is -3.13. The van der Waals surface area contributed by atoms with E-state index in [1.54, 1.807) is 0 Å². The molecule has 0 spiro atoms. The van der Waals surface area contributed by atoms with Gasteiger partial charge in [-0.05, 0) is 16.7 Å². The van der Waals surface area contributed by atoms with Gasteiger partial charge in [0.05, 0.1) is 5.57 Å². The highest BCUT2D eigenvalue weighted by Gasteiger charge is 2.36. The summed E-state index contributed by atoms with van der Waals surface area (Å²) < 4.78 is 5.77. The molecule has 1 atom stereocenters. The summed E-state index contributed by atoms with van der Waals surface area (Å²) in [5.41, 5.74) is 4.46. The molecule has 24 heavy (non-hydrogen) atoms. The third-order valence-electron chi connectivity index (χ3n) is 4.21. The van der Waals surface area contributed by atoms with Crippen LogP contribution in [0.15, 0.2) is 91.0 Å². The first-order valence-electron chi connectivity index (χ1n) is 7.95. The number of rotatable bonds is 3. The van der Waals surface area contributed by atoms with E-state index in [1.165, 1.54) is 0 Å². The lowest BCUT2D eigenvalue weighted by atomic mass is 9.90. The molecule has 1 aliphatic rings. The van der Waals surface area contributed by atoms with Gasteiger partial charge in [-0.3, -0.25) is 0 Å². The van der Waals surface area contributed by atoms with E-state index >= 15 is 0 Å². The smallest absolute Gasteiger partial charge is 0.340 e. The summed E-state index contributed by atoms with van der Waals surface area (Å²) in [5, 5.41) is 0. The number of carbonyl (C=O) groups is 1. The molecule has 1 aliphatic heterocycles. The summed E-state index contributed by atoms with van der Waals surface area (Å²) in [4.78, 5) is 12.7. The Kier molecular flexibility index (Phi) is 3.72. The normalized spacial score (nSPS) is 17.0. The summed E-state index contributed by atoms with van der Waals surface area (Å²) in [5.74, 6) is -0.270. The van der Waals surface area contributed by atoms with Gasteiger partial charge in [-0.1, -0.05) is 91.0 Å². The minimum atomic E-state index is -0.378. The zero-order valence-electron chi connectivity index (χ0n) is 13.1. The summed E-state index contributed by atoms with van der Waals surface area (Å²) in [6, 6.07) is 29.6. The molecule has 0 saturated carbocycles. The average Bonchev–Trinajstić information content (AvgIpc) is 3.01. The topological polar surface area (TPSA) is 26.3 Å². The van der Waals surface area contributed by atoms with Gasteiger partial charge in [-0.15, -0.1) is 0 Å². The molecule has 3 aromatic rings. The first-order chi connectivity index (χ1) is 11.8. The highest BCUT2D eigenvalue weighted by atomic mass is 16.5. The molecule has 4 rings (SSSR count). The first kappa shape index (κ1) is 14.5. The van der Waals surface area contributed by atoms with E-state index in [0.717, 1.165) is 22.3 Å². The Balaban J connectivity index is 1.95. The number of hydrogen-bond acceptors (Lipinski definition) is 2. The minimum Gasteiger partial charge on any atom is -0.449 e. The van der Waals surface area contributed by atoms with Gasteiger partial charge in [0.2, 0.25) is 0 Å². The Morgan fingerprint density at radius 3 is 1.71 bits per heavy atom. The Bertz CT molecular complexity index is 881. The largest absolute Gasteiger partial charge is 0.449 e. The monoisotopic (exact) mass is 312 g/mol. The van der Waals surface area contributed by atoms with E-state index in [2.05, 4.69) is 0 Å². The maximum Gasteiger partial charge on any atom is 0.340 e. The van der Waals surface area contributed by atoms with Crippen molar-refractivity contribution in [3.8, 4) is 0 Å². The molecule has 0 aromatic heterocycles. The molecule has 0 amide bonds. The van der Waals surface area contributed by atoms with Crippen molar-refractivity contribution in [3.63, 3.8) is 0 Å². The molecule has 1 unspecified atom stereocenters. The molecule has 0 N–H and O–H groups in total. The van der Waals surface area contributed by atoms with Crippen molar-refractivity contribution in [3.05, 3.63) is 108 Å². The molecule has 2 nitrogen and oxygen atoms in total. The summed E-state index contributed by atoms with van der Waals surface area (Å²) in [7, 11) is 0. The Morgan fingerprint density at radius 2 is 1.12 bits per heavy atom. The fourth-order valence-electron chi connectivity index (χ4n) is 3.12. The second-order valence-corrected chi connectivity index (χ2v) is 5.72. The van der Waals surface area contributed by atoms with Gasteiger partial charge < -0.3 is 4.74 Å². The van der Waals surface area contributed by atoms with Gasteiger partial charge in [0.25, 0.3) is 0 Å². The zero-order valence-corrected chi connectivity index (χ0v) is 13.1. The number of cyclic esters (lactones) is 1. The van der Waals surface area contributed by atoms with Crippen LogP contribution in [0.25, 0.3) is 11.1 Å². The lowest BCUT2D eigenvalue weighted by Gasteiger charge is -2.15. The zero-order chi connectivity index (χ0) is 16.4. The molecule has 1 heterocycles. The minimum absolute atomic E-state index is 0.270. The fraction of sp³-hybridized carbons (Fsp3) is 0.0455. The van der Waals surface area contributed by atoms with Crippen molar-refractivity contribution in [1.82, 2.24) is 0 Å². The van der Waals surface area contributed by atoms with Crippen molar-refractivity contribution < 1.29 is 9.53 Å². The molecule has 3 aromatic carbocycles. The van der Waals surface area contributed by atoms with Crippen molar-refractivity contribution in [2.45, 2.75) is 6.10 Å². The third kappa shape index (κ3) is 2.52. The quantitative estimate of drug-likeness (QED) is 0.643. The van der Waals surface area contributed by atoms with Gasteiger partial charge >= 0.3 is 5.97 Å². The second kappa shape index (κ2) is 6.17. The van der Waals surface area contributed by atoms with E-state index < -0.39 is 0 Å². The number of benzene rings is 3. The average molecular weight is 312 g/mol. The standard InChI is InChI=1S/C22H16O2/c23-22-20(17-12-6-2-7-13-17)19(16-10-4-1-5-11-16)21(24-22)18-14-8-3-9-15-18/h1-15,21H. The maximum absolute atomic E-state index is 12.7. The van der Waals surface area contributed by atoms with Gasteiger partial charge in [0, 0.05) is 5.57 Å². The van der Waals surface area contributed by atoms with Crippen LogP contribution in [-0.4, -0.2) is 5.97 Å². The SMILES string of the molecule is O=C1OC(c2ccccc2)C(c2ccccc2)=C1c1ccccc1. The predicted octanol–water partition coefficient (Wildman–Crippen LogP) is 4.90. The molecule has 0 saturated heterocycles. The molecular weight excluding hydrogens is 296 g/mol. The fourth-order valence-corrected chi connectivity index (χ4v) is 3.12. The molecule has 0 radical (unpaired) electrons. The van der Waals surface area contributed by atoms with Crippen LogP contribution >= 0.6 is 0 Å². The Labute approximate surface area is 141 Å². The Morgan fingerprint density at radius 1 is 0.625 bits per heavy atom. The van der Waals surface area contributed by atoms with E-state index in [9.17, 15) is 4.79 Å². The van der Waals surface area contributed by atoms with E-state index in [-0.39, 0.29) is 12.1 Å². The summed E-state index contributed by atoms with van der Waals surface area (Å²) >= 11 is 0. The van der Waals surface area contributed by atoms with Crippen LogP contribution in [-0.2, 0) is 9.53 Å². The lowest BCUT2D eigenvalue weighted by molar-refractivity contribution is -0.137. The predicted molar refractivity (Wildman–Crippen MR) is 95.0 cm³/mol. The van der Waals surface area contributed by atoms with Gasteiger partial charge in [-0.2, -0.15) is 0 Å². The van der Waals surface area contributed by atoms with Crippen molar-refractivity contribution >= 4 is 17.1 Å². The molecule has 0 fully saturated rings. The number of ether oxygens (including phenoxy) is 1. The van der Waals surface area contributed by atoms with Crippen LogP contribution in [0.3, 0.4) is 0 Å². The van der Waals surface area contributed by atoms with E-state index in [0.29, 0.717) is 5.57 Å². The van der Waals surface area contributed by atoms with Gasteiger partial charge in [0.15, 0.2) is 6.10 Å². The van der Waals surface area contributed by atoms with Crippen LogP contribution in [0, 0.1) is 0 Å². The molecule has 0 aliphatic carbocycles.